The van der Waals surface area contributed by atoms with Crippen LogP contribution in [0.1, 0.15) is 37.7 Å². The molecule has 25 heavy (non-hydrogen) atoms. The zero-order chi connectivity index (χ0) is 17.6. The second-order valence-corrected chi connectivity index (χ2v) is 8.08. The number of carbonyl (C=O) groups excluding carboxylic acids is 1. The third-order valence-corrected chi connectivity index (χ3v) is 6.10. The van der Waals surface area contributed by atoms with Crippen molar-refractivity contribution < 1.29 is 14.7 Å². The molecule has 4 rings (SSSR count). The predicted molar refractivity (Wildman–Crippen MR) is 90.6 cm³/mol. The molecule has 1 amide bonds. The van der Waals surface area contributed by atoms with Gasteiger partial charge in [-0.2, -0.15) is 5.10 Å². The quantitative estimate of drug-likeness (QED) is 0.883. The van der Waals surface area contributed by atoms with Gasteiger partial charge in [-0.1, -0.05) is 0 Å². The summed E-state index contributed by atoms with van der Waals surface area (Å²) in [6, 6.07) is -0.439. The van der Waals surface area contributed by atoms with E-state index in [9.17, 15) is 14.7 Å². The van der Waals surface area contributed by atoms with Crippen LogP contribution in [0.4, 0.5) is 0 Å². The van der Waals surface area contributed by atoms with Crippen LogP contribution in [0.5, 0.6) is 0 Å². The fourth-order valence-electron chi connectivity index (χ4n) is 4.49. The number of aliphatic carboxylic acids is 1. The Kier molecular flexibility index (Phi) is 4.06. The monoisotopic (exact) mass is 346 g/mol. The Labute approximate surface area is 147 Å². The highest BCUT2D eigenvalue weighted by atomic mass is 16.4. The molecule has 1 atom stereocenters. The predicted octanol–water partition coefficient (Wildman–Crippen LogP) is 1.10. The van der Waals surface area contributed by atoms with Crippen molar-refractivity contribution in [3.8, 4) is 0 Å². The van der Waals surface area contributed by atoms with Gasteiger partial charge in [-0.3, -0.25) is 19.2 Å². The van der Waals surface area contributed by atoms with E-state index in [0.29, 0.717) is 18.9 Å². The normalized spacial score (nSPS) is 26.3. The Balaban J connectivity index is 1.42. The zero-order valence-corrected chi connectivity index (χ0v) is 14.7. The number of rotatable bonds is 4. The SMILES string of the molecule is Cn1cc(CN2CC3(CCN(C(=O)C4CC4)CC3)C[C@@H]2C(=O)O)cn1. The smallest absolute Gasteiger partial charge is 0.320 e. The van der Waals surface area contributed by atoms with Crippen molar-refractivity contribution in [2.45, 2.75) is 44.7 Å². The first-order valence-electron chi connectivity index (χ1n) is 9.19. The lowest BCUT2D eigenvalue weighted by Gasteiger charge is -2.39. The highest BCUT2D eigenvalue weighted by Crippen LogP contribution is 2.44. The first-order chi connectivity index (χ1) is 12.0. The van der Waals surface area contributed by atoms with Crippen molar-refractivity contribution in [3.63, 3.8) is 0 Å². The van der Waals surface area contributed by atoms with Gasteiger partial charge in [0.25, 0.3) is 0 Å². The van der Waals surface area contributed by atoms with E-state index in [-0.39, 0.29) is 11.3 Å². The molecule has 0 unspecified atom stereocenters. The fourth-order valence-corrected chi connectivity index (χ4v) is 4.49. The molecule has 1 aliphatic carbocycles. The van der Waals surface area contributed by atoms with Crippen molar-refractivity contribution in [3.05, 3.63) is 18.0 Å². The lowest BCUT2D eigenvalue weighted by Crippen LogP contribution is -2.44. The van der Waals surface area contributed by atoms with E-state index in [1.54, 1.807) is 10.9 Å². The van der Waals surface area contributed by atoms with Crippen LogP contribution in [-0.2, 0) is 23.2 Å². The van der Waals surface area contributed by atoms with Gasteiger partial charge in [-0.15, -0.1) is 0 Å². The zero-order valence-electron chi connectivity index (χ0n) is 14.7. The third-order valence-electron chi connectivity index (χ3n) is 6.10. The molecule has 1 spiro atoms. The van der Waals surface area contributed by atoms with E-state index in [1.807, 2.05) is 18.1 Å². The summed E-state index contributed by atoms with van der Waals surface area (Å²) in [5.41, 5.74) is 1.08. The molecule has 136 valence electrons. The second kappa shape index (κ2) is 6.12. The molecule has 1 saturated carbocycles. The van der Waals surface area contributed by atoms with Crippen LogP contribution in [0.3, 0.4) is 0 Å². The summed E-state index contributed by atoms with van der Waals surface area (Å²) in [5, 5.41) is 13.9. The van der Waals surface area contributed by atoms with Crippen LogP contribution in [0.25, 0.3) is 0 Å². The second-order valence-electron chi connectivity index (χ2n) is 8.08. The van der Waals surface area contributed by atoms with Crippen molar-refractivity contribution in [1.29, 1.82) is 0 Å². The summed E-state index contributed by atoms with van der Waals surface area (Å²) in [6.07, 6.45) is 8.36. The van der Waals surface area contributed by atoms with Gasteiger partial charge in [-0.05, 0) is 37.5 Å². The molecule has 1 N–H and O–H groups in total. The molecule has 3 heterocycles. The molecular weight excluding hydrogens is 320 g/mol. The highest BCUT2D eigenvalue weighted by molar-refractivity contribution is 5.81. The van der Waals surface area contributed by atoms with Crippen LogP contribution in [0.2, 0.25) is 0 Å². The Hall–Kier alpha value is -1.89. The number of hydrogen-bond acceptors (Lipinski definition) is 4. The largest absolute Gasteiger partial charge is 0.480 e. The minimum Gasteiger partial charge on any atom is -0.480 e. The van der Waals surface area contributed by atoms with Crippen molar-refractivity contribution in [1.82, 2.24) is 19.6 Å². The number of carboxylic acid groups (broad SMARTS) is 1. The van der Waals surface area contributed by atoms with Crippen molar-refractivity contribution >= 4 is 11.9 Å². The van der Waals surface area contributed by atoms with Crippen LogP contribution in [0, 0.1) is 11.3 Å². The van der Waals surface area contributed by atoms with Crippen molar-refractivity contribution in [2.24, 2.45) is 18.4 Å². The summed E-state index contributed by atoms with van der Waals surface area (Å²) in [6.45, 7) is 2.98. The Morgan fingerprint density at radius 2 is 2.04 bits per heavy atom. The number of hydrogen-bond donors (Lipinski definition) is 1. The Morgan fingerprint density at radius 3 is 2.60 bits per heavy atom. The molecule has 1 aromatic rings. The molecule has 0 aromatic carbocycles. The number of piperidine rings is 1. The number of carboxylic acids is 1. The van der Waals surface area contributed by atoms with E-state index >= 15 is 0 Å². The van der Waals surface area contributed by atoms with Crippen LogP contribution in [-0.4, -0.2) is 62.2 Å². The van der Waals surface area contributed by atoms with Gasteiger partial charge in [0.1, 0.15) is 6.04 Å². The summed E-state index contributed by atoms with van der Waals surface area (Å²) in [7, 11) is 1.87. The number of carbonyl (C=O) groups is 2. The van der Waals surface area contributed by atoms with E-state index in [4.69, 9.17) is 0 Å². The van der Waals surface area contributed by atoms with Gasteiger partial charge in [0.2, 0.25) is 5.91 Å². The van der Waals surface area contributed by atoms with E-state index in [1.165, 1.54) is 0 Å². The molecule has 2 saturated heterocycles. The molecule has 7 nitrogen and oxygen atoms in total. The maximum atomic E-state index is 12.3. The minimum atomic E-state index is -0.739. The van der Waals surface area contributed by atoms with Crippen LogP contribution >= 0.6 is 0 Å². The summed E-state index contributed by atoms with van der Waals surface area (Å²) < 4.78 is 1.75. The highest BCUT2D eigenvalue weighted by Gasteiger charge is 2.49. The van der Waals surface area contributed by atoms with Crippen LogP contribution in [0.15, 0.2) is 12.4 Å². The Bertz CT molecular complexity index is 674. The molecular formula is C18H26N4O3. The average molecular weight is 346 g/mol. The topological polar surface area (TPSA) is 78.7 Å². The van der Waals surface area contributed by atoms with Crippen LogP contribution < -0.4 is 0 Å². The van der Waals surface area contributed by atoms with Gasteiger partial charge in [0.15, 0.2) is 0 Å². The van der Waals surface area contributed by atoms with Gasteiger partial charge in [-0.25, -0.2) is 0 Å². The molecule has 1 aromatic heterocycles. The molecule has 3 fully saturated rings. The summed E-state index contributed by atoms with van der Waals surface area (Å²) >= 11 is 0. The Morgan fingerprint density at radius 1 is 1.32 bits per heavy atom. The average Bonchev–Trinajstić information content (AvgIpc) is 3.27. The summed E-state index contributed by atoms with van der Waals surface area (Å²) in [5.74, 6) is -0.154. The molecule has 0 bridgehead atoms. The minimum absolute atomic E-state index is 0.0333. The first kappa shape index (κ1) is 16.6. The van der Waals surface area contributed by atoms with Gasteiger partial charge in [0.05, 0.1) is 6.20 Å². The number of likely N-dealkylation sites (tertiary alicyclic amines) is 2. The first-order valence-corrected chi connectivity index (χ1v) is 9.19. The molecule has 0 radical (unpaired) electrons. The standard InChI is InChI=1S/C18H26N4O3/c1-20-10-13(9-19-20)11-22-12-18(8-15(22)17(24)25)4-6-21(7-5-18)16(23)14-2-3-14/h9-10,14-15H,2-8,11-12H2,1H3,(H,24,25)/t15-/m1/s1. The van der Waals surface area contributed by atoms with E-state index in [2.05, 4.69) is 10.00 Å². The number of aryl methyl sites for hydroxylation is 1. The maximum absolute atomic E-state index is 12.3. The fraction of sp³-hybridized carbons (Fsp3) is 0.722. The molecule has 3 aliphatic rings. The summed E-state index contributed by atoms with van der Waals surface area (Å²) in [4.78, 5) is 28.1. The van der Waals surface area contributed by atoms with Gasteiger partial charge in [0, 0.05) is 50.9 Å². The third kappa shape index (κ3) is 3.29. The van der Waals surface area contributed by atoms with E-state index < -0.39 is 12.0 Å². The number of amides is 1. The van der Waals surface area contributed by atoms with E-state index in [0.717, 1.165) is 50.9 Å². The number of aromatic nitrogens is 2. The van der Waals surface area contributed by atoms with Crippen molar-refractivity contribution in [2.75, 3.05) is 19.6 Å². The lowest BCUT2D eigenvalue weighted by atomic mass is 9.76. The molecule has 2 aliphatic heterocycles. The van der Waals surface area contributed by atoms with Gasteiger partial charge < -0.3 is 10.0 Å². The van der Waals surface area contributed by atoms with Gasteiger partial charge >= 0.3 is 5.97 Å². The number of nitrogens with zero attached hydrogens (tertiary/aromatic N) is 4. The molecule has 7 heteroatoms. The lowest BCUT2D eigenvalue weighted by molar-refractivity contribution is -0.142. The maximum Gasteiger partial charge on any atom is 0.320 e.